The second-order valence-electron chi connectivity index (χ2n) is 7.65. The number of hydrogen-bond donors (Lipinski definition) is 0. The van der Waals surface area contributed by atoms with Crippen LogP contribution >= 0.6 is 0 Å². The van der Waals surface area contributed by atoms with Gasteiger partial charge >= 0.3 is 6.18 Å². The molecular weight excluding hydrogens is 435 g/mol. The molecule has 168 valence electrons. The molecule has 0 radical (unpaired) electrons. The Morgan fingerprint density at radius 1 is 0.939 bits per heavy atom. The fourth-order valence-corrected chi connectivity index (χ4v) is 3.83. The molecule has 2 aromatic carbocycles. The number of aromatic nitrogens is 5. The molecule has 0 fully saturated rings. The van der Waals surface area contributed by atoms with E-state index in [1.54, 1.807) is 6.07 Å². The maximum absolute atomic E-state index is 13.4. The van der Waals surface area contributed by atoms with Gasteiger partial charge in [0.2, 0.25) is 0 Å². The van der Waals surface area contributed by atoms with E-state index < -0.39 is 17.6 Å². The first-order valence-corrected chi connectivity index (χ1v) is 10.2. The van der Waals surface area contributed by atoms with Crippen molar-refractivity contribution < 1.29 is 18.0 Å². The number of nitrogens with zero attached hydrogens (tertiary/aromatic N) is 7. The van der Waals surface area contributed by atoms with Gasteiger partial charge in [-0.3, -0.25) is 9.69 Å². The summed E-state index contributed by atoms with van der Waals surface area (Å²) in [6.07, 6.45) is -2.71. The number of amides is 1. The lowest BCUT2D eigenvalue weighted by Crippen LogP contribution is -2.32. The van der Waals surface area contributed by atoms with Crippen molar-refractivity contribution in [2.24, 2.45) is 0 Å². The van der Waals surface area contributed by atoms with Crippen LogP contribution < -0.4 is 9.80 Å². The number of hydrogen-bond acceptors (Lipinski definition) is 6. The number of carbonyl (C=O) groups excluding carboxylic acids is 1. The van der Waals surface area contributed by atoms with Gasteiger partial charge in [-0.25, -0.2) is 14.6 Å². The van der Waals surface area contributed by atoms with E-state index in [0.29, 0.717) is 42.2 Å². The molecule has 0 aliphatic carbocycles. The van der Waals surface area contributed by atoms with E-state index in [1.807, 2.05) is 30.1 Å². The molecule has 0 saturated heterocycles. The predicted octanol–water partition coefficient (Wildman–Crippen LogP) is 3.72. The third kappa shape index (κ3) is 3.75. The monoisotopic (exact) mass is 453 g/mol. The van der Waals surface area contributed by atoms with Gasteiger partial charge in [-0.2, -0.15) is 13.2 Å². The van der Waals surface area contributed by atoms with E-state index in [0.717, 1.165) is 10.7 Å². The standard InChI is InChI=1S/C22H18F3N7O/c1-30-11-6-12-31(20-19(30)26-15-8-3-4-9-16(15)27-20)21(33)17-13-32(29-28-17)18-10-5-2-7-14(18)22(23,24)25/h2-5,7-10,13H,6,11-12H2,1H3. The molecule has 11 heteroatoms. The minimum atomic E-state index is -4.57. The molecule has 0 bridgehead atoms. The van der Waals surface area contributed by atoms with Crippen molar-refractivity contribution in [3.05, 3.63) is 66.0 Å². The van der Waals surface area contributed by atoms with Crippen molar-refractivity contribution in [3.8, 4) is 5.69 Å². The summed E-state index contributed by atoms with van der Waals surface area (Å²) in [5.74, 6) is 0.421. The Kier molecular flexibility index (Phi) is 4.95. The lowest BCUT2D eigenvalue weighted by Gasteiger charge is -2.22. The van der Waals surface area contributed by atoms with Gasteiger partial charge in [-0.1, -0.05) is 29.5 Å². The summed E-state index contributed by atoms with van der Waals surface area (Å²) >= 11 is 0. The Hall–Kier alpha value is -4.02. The van der Waals surface area contributed by atoms with Crippen LogP contribution in [0.1, 0.15) is 22.5 Å². The smallest absolute Gasteiger partial charge is 0.357 e. The first-order valence-electron chi connectivity index (χ1n) is 10.2. The average Bonchev–Trinajstić information content (AvgIpc) is 3.24. The highest BCUT2D eigenvalue weighted by atomic mass is 19.4. The molecule has 3 heterocycles. The van der Waals surface area contributed by atoms with Gasteiger partial charge in [0.15, 0.2) is 17.3 Å². The Morgan fingerprint density at radius 2 is 1.61 bits per heavy atom. The summed E-state index contributed by atoms with van der Waals surface area (Å²) < 4.78 is 41.2. The summed E-state index contributed by atoms with van der Waals surface area (Å²) in [6.45, 7) is 1.02. The lowest BCUT2D eigenvalue weighted by molar-refractivity contribution is -0.137. The maximum Gasteiger partial charge on any atom is 0.418 e. The molecule has 0 unspecified atom stereocenters. The van der Waals surface area contributed by atoms with Gasteiger partial charge in [0.25, 0.3) is 5.91 Å². The van der Waals surface area contributed by atoms with Gasteiger partial charge < -0.3 is 4.90 Å². The summed E-state index contributed by atoms with van der Waals surface area (Å²) in [6, 6.07) is 12.3. The number of carbonyl (C=O) groups is 1. The molecule has 8 nitrogen and oxygen atoms in total. The van der Waals surface area contributed by atoms with E-state index >= 15 is 0 Å². The van der Waals surface area contributed by atoms with Crippen molar-refractivity contribution in [1.82, 2.24) is 25.0 Å². The third-order valence-corrected chi connectivity index (χ3v) is 5.44. The van der Waals surface area contributed by atoms with Gasteiger partial charge in [0, 0.05) is 20.1 Å². The molecule has 0 saturated carbocycles. The number of para-hydroxylation sites is 3. The number of anilines is 2. The van der Waals surface area contributed by atoms with Gasteiger partial charge in [0.05, 0.1) is 28.5 Å². The van der Waals surface area contributed by atoms with E-state index in [2.05, 4.69) is 20.3 Å². The second kappa shape index (κ2) is 7.84. The van der Waals surface area contributed by atoms with E-state index in [-0.39, 0.29) is 11.4 Å². The number of benzene rings is 2. The summed E-state index contributed by atoms with van der Waals surface area (Å²) in [5, 5.41) is 7.66. The van der Waals surface area contributed by atoms with Crippen LogP contribution in [-0.2, 0) is 6.18 Å². The molecule has 4 aromatic rings. The van der Waals surface area contributed by atoms with Crippen molar-refractivity contribution >= 4 is 28.6 Å². The first-order chi connectivity index (χ1) is 15.8. The topological polar surface area (TPSA) is 80.0 Å². The molecule has 33 heavy (non-hydrogen) atoms. The quantitative estimate of drug-likeness (QED) is 0.460. The average molecular weight is 453 g/mol. The minimum absolute atomic E-state index is 0.0857. The predicted molar refractivity (Wildman–Crippen MR) is 115 cm³/mol. The number of fused-ring (bicyclic) bond motifs is 2. The van der Waals surface area contributed by atoms with Gasteiger partial charge in [-0.05, 0) is 30.7 Å². The molecule has 2 aromatic heterocycles. The highest BCUT2D eigenvalue weighted by molar-refractivity contribution is 6.06. The van der Waals surface area contributed by atoms with Crippen LogP contribution in [-0.4, -0.2) is 51.0 Å². The van der Waals surface area contributed by atoms with Crippen LogP contribution in [0, 0.1) is 0 Å². The fourth-order valence-electron chi connectivity index (χ4n) is 3.83. The van der Waals surface area contributed by atoms with Crippen molar-refractivity contribution in [3.63, 3.8) is 0 Å². The van der Waals surface area contributed by atoms with Crippen LogP contribution in [0.15, 0.2) is 54.7 Å². The van der Waals surface area contributed by atoms with Crippen LogP contribution in [0.4, 0.5) is 24.8 Å². The SMILES string of the molecule is CN1CCCN(C(=O)c2cn(-c3ccccc3C(F)(F)F)nn2)c2nc3ccccc3nc21. The van der Waals surface area contributed by atoms with Crippen molar-refractivity contribution in [1.29, 1.82) is 0 Å². The zero-order valence-corrected chi connectivity index (χ0v) is 17.5. The fraction of sp³-hybridized carbons (Fsp3) is 0.227. The molecule has 0 N–H and O–H groups in total. The Balaban J connectivity index is 1.55. The number of alkyl halides is 3. The summed E-state index contributed by atoms with van der Waals surface area (Å²) in [4.78, 5) is 26.1. The molecule has 0 atom stereocenters. The van der Waals surface area contributed by atoms with E-state index in [1.165, 1.54) is 29.3 Å². The number of rotatable bonds is 2. The maximum atomic E-state index is 13.4. The van der Waals surface area contributed by atoms with Crippen LogP contribution in [0.5, 0.6) is 0 Å². The second-order valence-corrected chi connectivity index (χ2v) is 7.65. The van der Waals surface area contributed by atoms with Crippen LogP contribution in [0.25, 0.3) is 16.7 Å². The zero-order valence-electron chi connectivity index (χ0n) is 17.5. The minimum Gasteiger partial charge on any atom is -0.357 e. The normalized spacial score (nSPS) is 14.3. The Bertz CT molecular complexity index is 1350. The van der Waals surface area contributed by atoms with Crippen LogP contribution in [0.2, 0.25) is 0 Å². The van der Waals surface area contributed by atoms with Crippen molar-refractivity contribution in [2.75, 3.05) is 29.9 Å². The molecular formula is C22H18F3N7O. The molecule has 0 spiro atoms. The van der Waals surface area contributed by atoms with Gasteiger partial charge in [-0.15, -0.1) is 5.10 Å². The first kappa shape index (κ1) is 20.9. The lowest BCUT2D eigenvalue weighted by atomic mass is 10.1. The van der Waals surface area contributed by atoms with E-state index in [4.69, 9.17) is 0 Å². The molecule has 5 rings (SSSR count). The number of halogens is 3. The Morgan fingerprint density at radius 3 is 2.33 bits per heavy atom. The molecule has 1 amide bonds. The van der Waals surface area contributed by atoms with Crippen molar-refractivity contribution in [2.45, 2.75) is 12.6 Å². The zero-order chi connectivity index (χ0) is 23.2. The summed E-state index contributed by atoms with van der Waals surface area (Å²) in [5.41, 5.74) is 0.169. The largest absolute Gasteiger partial charge is 0.418 e. The van der Waals surface area contributed by atoms with Gasteiger partial charge in [0.1, 0.15) is 0 Å². The van der Waals surface area contributed by atoms with Crippen LogP contribution in [0.3, 0.4) is 0 Å². The highest BCUT2D eigenvalue weighted by Crippen LogP contribution is 2.34. The highest BCUT2D eigenvalue weighted by Gasteiger charge is 2.34. The van der Waals surface area contributed by atoms with E-state index in [9.17, 15) is 18.0 Å². The summed E-state index contributed by atoms with van der Waals surface area (Å²) in [7, 11) is 1.88. The molecule has 1 aliphatic rings. The molecule has 1 aliphatic heterocycles. The third-order valence-electron chi connectivity index (χ3n) is 5.44. The Labute approximate surface area is 186 Å².